The SMILES string of the molecule is CC12CCC(CC1=O)C2(C)CC(=O)O. The summed E-state index contributed by atoms with van der Waals surface area (Å²) in [6, 6.07) is 0. The smallest absolute Gasteiger partial charge is 0.303 e. The fourth-order valence-electron chi connectivity index (χ4n) is 3.41. The summed E-state index contributed by atoms with van der Waals surface area (Å²) < 4.78 is 0. The van der Waals surface area contributed by atoms with E-state index in [4.69, 9.17) is 5.11 Å². The van der Waals surface area contributed by atoms with Crippen molar-refractivity contribution < 1.29 is 14.7 Å². The van der Waals surface area contributed by atoms with Crippen LogP contribution in [0.2, 0.25) is 0 Å². The third-order valence-corrected chi connectivity index (χ3v) is 4.72. The van der Waals surface area contributed by atoms with Crippen molar-refractivity contribution in [1.29, 1.82) is 0 Å². The van der Waals surface area contributed by atoms with E-state index < -0.39 is 5.97 Å². The molecule has 0 radical (unpaired) electrons. The zero-order valence-corrected chi connectivity index (χ0v) is 8.67. The number of carbonyl (C=O) groups is 2. The molecule has 0 aliphatic heterocycles. The van der Waals surface area contributed by atoms with Crippen molar-refractivity contribution in [3.05, 3.63) is 0 Å². The topological polar surface area (TPSA) is 54.4 Å². The lowest BCUT2D eigenvalue weighted by atomic mass is 9.67. The van der Waals surface area contributed by atoms with Gasteiger partial charge in [0.05, 0.1) is 6.42 Å². The summed E-state index contributed by atoms with van der Waals surface area (Å²) in [7, 11) is 0. The van der Waals surface area contributed by atoms with Gasteiger partial charge in [-0.3, -0.25) is 9.59 Å². The monoisotopic (exact) mass is 196 g/mol. The Hall–Kier alpha value is -0.860. The Labute approximate surface area is 83.5 Å². The van der Waals surface area contributed by atoms with Crippen LogP contribution < -0.4 is 0 Å². The van der Waals surface area contributed by atoms with Crippen molar-refractivity contribution in [2.75, 3.05) is 0 Å². The summed E-state index contributed by atoms with van der Waals surface area (Å²) >= 11 is 0. The molecule has 2 saturated carbocycles. The first-order valence-electron chi connectivity index (χ1n) is 5.15. The van der Waals surface area contributed by atoms with Gasteiger partial charge in [0.25, 0.3) is 0 Å². The largest absolute Gasteiger partial charge is 0.481 e. The fraction of sp³-hybridized carbons (Fsp3) is 0.818. The van der Waals surface area contributed by atoms with Crippen LogP contribution in [0.4, 0.5) is 0 Å². The van der Waals surface area contributed by atoms with Crippen molar-refractivity contribution in [1.82, 2.24) is 0 Å². The minimum absolute atomic E-state index is 0.139. The van der Waals surface area contributed by atoms with Crippen molar-refractivity contribution in [3.8, 4) is 0 Å². The normalized spacial score (nSPS) is 45.9. The van der Waals surface area contributed by atoms with Crippen molar-refractivity contribution in [3.63, 3.8) is 0 Å². The van der Waals surface area contributed by atoms with E-state index in [9.17, 15) is 9.59 Å². The molecule has 3 nitrogen and oxygen atoms in total. The standard InChI is InChI=1S/C11H16O3/c1-10-4-3-7(5-8(10)12)11(10,2)6-9(13)14/h7H,3-6H2,1-2H3,(H,13,14). The van der Waals surface area contributed by atoms with Gasteiger partial charge in [-0.15, -0.1) is 0 Å². The highest BCUT2D eigenvalue weighted by Gasteiger charge is 2.64. The van der Waals surface area contributed by atoms with Crippen LogP contribution in [-0.2, 0) is 9.59 Å². The lowest BCUT2D eigenvalue weighted by Crippen LogP contribution is -2.36. The number of carboxylic acids is 1. The van der Waals surface area contributed by atoms with Crippen LogP contribution >= 0.6 is 0 Å². The molecule has 0 spiro atoms. The highest BCUT2D eigenvalue weighted by Crippen LogP contribution is 2.65. The summed E-state index contributed by atoms with van der Waals surface area (Å²) in [4.78, 5) is 22.6. The van der Waals surface area contributed by atoms with E-state index >= 15 is 0 Å². The Balaban J connectivity index is 2.36. The Bertz CT molecular complexity index is 310. The third kappa shape index (κ3) is 0.928. The Morgan fingerprint density at radius 3 is 2.57 bits per heavy atom. The quantitative estimate of drug-likeness (QED) is 0.733. The van der Waals surface area contributed by atoms with E-state index in [0.29, 0.717) is 12.3 Å². The van der Waals surface area contributed by atoms with Gasteiger partial charge in [-0.05, 0) is 24.2 Å². The average molecular weight is 196 g/mol. The van der Waals surface area contributed by atoms with Gasteiger partial charge in [-0.2, -0.15) is 0 Å². The van der Waals surface area contributed by atoms with Gasteiger partial charge < -0.3 is 5.11 Å². The lowest BCUT2D eigenvalue weighted by molar-refractivity contribution is -0.142. The third-order valence-electron chi connectivity index (χ3n) is 4.72. The van der Waals surface area contributed by atoms with Gasteiger partial charge in [0.2, 0.25) is 0 Å². The molecule has 0 amide bonds. The number of fused-ring (bicyclic) bond motifs is 2. The number of aliphatic carboxylic acids is 1. The highest BCUT2D eigenvalue weighted by atomic mass is 16.4. The fourth-order valence-corrected chi connectivity index (χ4v) is 3.41. The number of rotatable bonds is 2. The van der Waals surface area contributed by atoms with E-state index in [-0.39, 0.29) is 23.0 Å². The summed E-state index contributed by atoms with van der Waals surface area (Å²) in [6.07, 6.45) is 2.63. The van der Waals surface area contributed by atoms with E-state index in [1.807, 2.05) is 13.8 Å². The number of hydrogen-bond acceptors (Lipinski definition) is 2. The van der Waals surface area contributed by atoms with Gasteiger partial charge in [-0.1, -0.05) is 13.8 Å². The first-order chi connectivity index (χ1) is 6.40. The van der Waals surface area contributed by atoms with Crippen molar-refractivity contribution in [2.24, 2.45) is 16.7 Å². The second kappa shape index (κ2) is 2.59. The second-order valence-electron chi connectivity index (χ2n) is 5.18. The summed E-state index contributed by atoms with van der Waals surface area (Å²) in [5.41, 5.74) is -0.661. The molecule has 3 atom stereocenters. The molecule has 2 rings (SSSR count). The van der Waals surface area contributed by atoms with Crippen LogP contribution in [-0.4, -0.2) is 16.9 Å². The molecule has 3 unspecified atom stereocenters. The van der Waals surface area contributed by atoms with Crippen LogP contribution in [0, 0.1) is 16.7 Å². The number of hydrogen-bond donors (Lipinski definition) is 1. The highest BCUT2D eigenvalue weighted by molar-refractivity contribution is 5.90. The molecular formula is C11H16O3. The average Bonchev–Trinajstić information content (AvgIpc) is 2.37. The summed E-state index contributed by atoms with van der Waals surface area (Å²) in [5.74, 6) is -0.200. The number of ketones is 1. The van der Waals surface area contributed by atoms with Gasteiger partial charge in [-0.25, -0.2) is 0 Å². The first-order valence-corrected chi connectivity index (χ1v) is 5.15. The Kier molecular flexibility index (Phi) is 1.79. The molecule has 2 aliphatic carbocycles. The van der Waals surface area contributed by atoms with Crippen LogP contribution in [0.1, 0.15) is 39.5 Å². The zero-order valence-electron chi connectivity index (χ0n) is 8.67. The number of carbonyl (C=O) groups excluding carboxylic acids is 1. The van der Waals surface area contributed by atoms with E-state index in [1.54, 1.807) is 0 Å². The molecule has 14 heavy (non-hydrogen) atoms. The summed E-state index contributed by atoms with van der Waals surface area (Å²) in [5, 5.41) is 8.89. The molecule has 2 aliphatic rings. The second-order valence-corrected chi connectivity index (χ2v) is 5.18. The number of Topliss-reactive ketones (excluding diaryl/α,β-unsaturated/α-hetero) is 1. The molecular weight excluding hydrogens is 180 g/mol. The van der Waals surface area contributed by atoms with Crippen LogP contribution in [0.25, 0.3) is 0 Å². The number of carboxylic acid groups (broad SMARTS) is 1. The molecule has 2 bridgehead atoms. The van der Waals surface area contributed by atoms with Crippen LogP contribution in [0.15, 0.2) is 0 Å². The molecule has 0 aromatic rings. The Morgan fingerprint density at radius 1 is 1.57 bits per heavy atom. The maximum Gasteiger partial charge on any atom is 0.303 e. The zero-order chi connectivity index (χ0) is 10.6. The predicted octanol–water partition coefficient (Wildman–Crippen LogP) is 1.86. The predicted molar refractivity (Wildman–Crippen MR) is 50.8 cm³/mol. The molecule has 0 heterocycles. The van der Waals surface area contributed by atoms with E-state index in [1.165, 1.54) is 0 Å². The molecule has 2 fully saturated rings. The first kappa shape index (κ1) is 9.69. The van der Waals surface area contributed by atoms with E-state index in [0.717, 1.165) is 12.8 Å². The molecule has 1 N–H and O–H groups in total. The molecule has 78 valence electrons. The van der Waals surface area contributed by atoms with E-state index in [2.05, 4.69) is 0 Å². The van der Waals surface area contributed by atoms with Crippen LogP contribution in [0.5, 0.6) is 0 Å². The maximum absolute atomic E-state index is 11.8. The molecule has 0 aromatic heterocycles. The van der Waals surface area contributed by atoms with Gasteiger partial charge in [0.15, 0.2) is 0 Å². The van der Waals surface area contributed by atoms with Gasteiger partial charge in [0.1, 0.15) is 5.78 Å². The van der Waals surface area contributed by atoms with Crippen molar-refractivity contribution in [2.45, 2.75) is 39.5 Å². The van der Waals surface area contributed by atoms with Gasteiger partial charge in [0, 0.05) is 11.8 Å². The molecule has 0 saturated heterocycles. The maximum atomic E-state index is 11.8. The van der Waals surface area contributed by atoms with Crippen molar-refractivity contribution >= 4 is 11.8 Å². The molecule has 0 aromatic carbocycles. The van der Waals surface area contributed by atoms with Gasteiger partial charge >= 0.3 is 5.97 Å². The minimum Gasteiger partial charge on any atom is -0.481 e. The Morgan fingerprint density at radius 2 is 2.21 bits per heavy atom. The summed E-state index contributed by atoms with van der Waals surface area (Å²) in [6.45, 7) is 3.93. The lowest BCUT2D eigenvalue weighted by Gasteiger charge is -2.35. The molecule has 3 heteroatoms. The van der Waals surface area contributed by atoms with Crippen LogP contribution in [0.3, 0.4) is 0 Å². The minimum atomic E-state index is -0.777.